The maximum atomic E-state index is 12.3. The lowest BCUT2D eigenvalue weighted by atomic mass is 9.73. The van der Waals surface area contributed by atoms with E-state index in [0.29, 0.717) is 36.5 Å². The van der Waals surface area contributed by atoms with E-state index in [1.807, 2.05) is 6.07 Å². The van der Waals surface area contributed by atoms with Crippen molar-refractivity contribution in [3.8, 4) is 11.5 Å². The molecule has 10 heteroatoms. The van der Waals surface area contributed by atoms with Crippen molar-refractivity contribution < 1.29 is 27.4 Å². The summed E-state index contributed by atoms with van der Waals surface area (Å²) < 4.78 is 41.8. The van der Waals surface area contributed by atoms with E-state index in [0.717, 1.165) is 56.4 Å². The van der Waals surface area contributed by atoms with E-state index >= 15 is 0 Å². The van der Waals surface area contributed by atoms with Crippen LogP contribution in [0.3, 0.4) is 0 Å². The van der Waals surface area contributed by atoms with Gasteiger partial charge in [-0.15, -0.1) is 0 Å². The van der Waals surface area contributed by atoms with Crippen LogP contribution in [0.5, 0.6) is 11.5 Å². The van der Waals surface area contributed by atoms with E-state index in [1.165, 1.54) is 24.3 Å². The number of methoxy groups -OCH3 is 1. The predicted octanol–water partition coefficient (Wildman–Crippen LogP) is 5.09. The number of carbonyl (C=O) groups is 1. The smallest absolute Gasteiger partial charge is 0.310 e. The fraction of sp³-hybridized carbons (Fsp3) is 0.471. The largest absolute Gasteiger partial charge is 0.492 e. The number of fused-ring (bicyclic) bond motifs is 1. The minimum atomic E-state index is -3.87. The highest BCUT2D eigenvalue weighted by molar-refractivity contribution is 7.89. The monoisotopic (exact) mass is 621 g/mol. The Hall–Kier alpha value is -3.63. The Labute approximate surface area is 260 Å². The first-order valence-electron chi connectivity index (χ1n) is 15.2. The minimum Gasteiger partial charge on any atom is -0.492 e. The summed E-state index contributed by atoms with van der Waals surface area (Å²) in [7, 11) is -2.50. The van der Waals surface area contributed by atoms with Crippen LogP contribution in [0.15, 0.2) is 65.8 Å². The Morgan fingerprint density at radius 1 is 1.11 bits per heavy atom. The first kappa shape index (κ1) is 31.8. The molecule has 3 atom stereocenters. The molecule has 1 fully saturated rings. The molecule has 2 heterocycles. The normalized spacial score (nSPS) is 21.4. The maximum Gasteiger partial charge on any atom is 0.310 e. The summed E-state index contributed by atoms with van der Waals surface area (Å²) in [4.78, 5) is 18.3. The Balaban J connectivity index is 1.29. The number of primary sulfonamides is 1. The molecule has 0 amide bonds. The van der Waals surface area contributed by atoms with E-state index in [2.05, 4.69) is 48.0 Å². The van der Waals surface area contributed by atoms with Crippen LogP contribution in [0.1, 0.15) is 49.3 Å². The third kappa shape index (κ3) is 8.09. The molecule has 0 radical (unpaired) electrons. The van der Waals surface area contributed by atoms with Gasteiger partial charge in [-0.25, -0.2) is 13.6 Å². The molecular formula is C34H43N3O6S. The van der Waals surface area contributed by atoms with Gasteiger partial charge in [0.05, 0.1) is 43.5 Å². The average Bonchev–Trinajstić information content (AvgIpc) is 3.11. The molecule has 3 aromatic rings. The summed E-state index contributed by atoms with van der Waals surface area (Å²) in [5.41, 5.74) is 3.98. The van der Waals surface area contributed by atoms with Gasteiger partial charge in [0.25, 0.3) is 0 Å². The van der Waals surface area contributed by atoms with Crippen molar-refractivity contribution in [2.45, 2.75) is 57.3 Å². The van der Waals surface area contributed by atoms with Crippen molar-refractivity contribution in [1.29, 1.82) is 0 Å². The molecule has 1 saturated carbocycles. The van der Waals surface area contributed by atoms with Crippen molar-refractivity contribution in [1.82, 2.24) is 4.98 Å². The number of esters is 1. The van der Waals surface area contributed by atoms with Crippen LogP contribution in [0.2, 0.25) is 0 Å². The summed E-state index contributed by atoms with van der Waals surface area (Å²) in [6.07, 6.45) is 8.54. The number of pyridine rings is 1. The summed E-state index contributed by atoms with van der Waals surface area (Å²) in [5.74, 6) is 1.69. The molecule has 1 aromatic heterocycles. The highest BCUT2D eigenvalue weighted by atomic mass is 32.2. The molecule has 1 aliphatic heterocycles. The fourth-order valence-corrected chi connectivity index (χ4v) is 6.78. The van der Waals surface area contributed by atoms with Crippen LogP contribution < -0.4 is 19.5 Å². The number of hydrogen-bond acceptors (Lipinski definition) is 8. The standard InChI is InChI=1S/C34H43N3O6S/c1-24-6-4-7-25(14-24)8-5-13-34(2)22-37(31-17-30(44(35,39)40)11-12-32(31)43-23-34)20-27-9-10-28(27)21-42-29-15-26(18-36-19-29)16-33(38)41-3/h4,6-7,11-12,14-15,17-19,27-28H,5,8-10,13,16,20-23H2,1-3H3,(H2,35,39,40)/t27-,28-,34+/m0/s1. The van der Waals surface area contributed by atoms with Gasteiger partial charge in [-0.2, -0.15) is 0 Å². The Morgan fingerprint density at radius 2 is 1.93 bits per heavy atom. The maximum absolute atomic E-state index is 12.3. The summed E-state index contributed by atoms with van der Waals surface area (Å²) >= 11 is 0. The number of rotatable bonds is 12. The predicted molar refractivity (Wildman–Crippen MR) is 169 cm³/mol. The molecule has 2 aromatic carbocycles. The van der Waals surface area contributed by atoms with Crippen LogP contribution in [-0.2, 0) is 32.4 Å². The zero-order valence-electron chi connectivity index (χ0n) is 25.8. The minimum absolute atomic E-state index is 0.0840. The zero-order chi connectivity index (χ0) is 31.3. The number of sulfonamides is 1. The lowest BCUT2D eigenvalue weighted by molar-refractivity contribution is -0.139. The second kappa shape index (κ2) is 13.6. The van der Waals surface area contributed by atoms with Crippen LogP contribution in [0.4, 0.5) is 5.69 Å². The van der Waals surface area contributed by atoms with Gasteiger partial charge in [-0.05, 0) is 86.3 Å². The third-order valence-corrected chi connectivity index (χ3v) is 9.83. The number of benzene rings is 2. The fourth-order valence-electron chi connectivity index (χ4n) is 6.25. The van der Waals surface area contributed by atoms with Crippen molar-refractivity contribution in [3.05, 3.63) is 77.6 Å². The van der Waals surface area contributed by atoms with Gasteiger partial charge in [0.15, 0.2) is 0 Å². The second-order valence-electron chi connectivity index (χ2n) is 12.7. The molecule has 0 bridgehead atoms. The highest BCUT2D eigenvalue weighted by Crippen LogP contribution is 2.42. The van der Waals surface area contributed by atoms with E-state index in [1.54, 1.807) is 24.5 Å². The summed E-state index contributed by atoms with van der Waals surface area (Å²) in [6, 6.07) is 15.4. The van der Waals surface area contributed by atoms with Crippen LogP contribution in [-0.4, -0.2) is 52.8 Å². The van der Waals surface area contributed by atoms with E-state index in [9.17, 15) is 13.2 Å². The van der Waals surface area contributed by atoms with E-state index in [-0.39, 0.29) is 22.7 Å². The van der Waals surface area contributed by atoms with E-state index < -0.39 is 10.0 Å². The Kier molecular flexibility index (Phi) is 9.80. The number of hydrogen-bond donors (Lipinski definition) is 1. The van der Waals surface area contributed by atoms with Gasteiger partial charge in [0.1, 0.15) is 11.5 Å². The molecule has 0 saturated heterocycles. The molecule has 0 unspecified atom stereocenters. The van der Waals surface area contributed by atoms with Crippen molar-refractivity contribution in [2.75, 3.05) is 38.3 Å². The quantitative estimate of drug-likeness (QED) is 0.278. The molecule has 236 valence electrons. The Morgan fingerprint density at radius 3 is 2.66 bits per heavy atom. The first-order chi connectivity index (χ1) is 21.0. The van der Waals surface area contributed by atoms with Crippen molar-refractivity contribution >= 4 is 21.7 Å². The number of aromatic nitrogens is 1. The lowest BCUT2D eigenvalue weighted by Crippen LogP contribution is -2.44. The topological polar surface area (TPSA) is 121 Å². The average molecular weight is 622 g/mol. The molecule has 1 aliphatic carbocycles. The molecular weight excluding hydrogens is 578 g/mol. The number of anilines is 1. The molecule has 2 N–H and O–H groups in total. The number of nitrogens with zero attached hydrogens (tertiary/aromatic N) is 2. The van der Waals surface area contributed by atoms with Gasteiger partial charge < -0.3 is 19.1 Å². The zero-order valence-corrected chi connectivity index (χ0v) is 26.6. The van der Waals surface area contributed by atoms with Gasteiger partial charge >= 0.3 is 5.97 Å². The number of carbonyl (C=O) groups excluding carboxylic acids is 1. The number of nitrogens with two attached hydrogens (primary N) is 1. The van der Waals surface area contributed by atoms with Crippen LogP contribution >= 0.6 is 0 Å². The first-order valence-corrected chi connectivity index (χ1v) is 16.8. The third-order valence-electron chi connectivity index (χ3n) is 8.92. The number of ether oxygens (including phenoxy) is 3. The van der Waals surface area contributed by atoms with Crippen molar-refractivity contribution in [2.24, 2.45) is 22.4 Å². The highest BCUT2D eigenvalue weighted by Gasteiger charge is 2.38. The molecule has 9 nitrogen and oxygen atoms in total. The van der Waals surface area contributed by atoms with Gasteiger partial charge in [-0.3, -0.25) is 9.78 Å². The SMILES string of the molecule is COC(=O)Cc1cncc(OC[C@@H]2CC[C@H]2CN2C[C@@](C)(CCCc3cccc(C)c3)COc3ccc(S(N)(=O)=O)cc32)c1. The van der Waals surface area contributed by atoms with Gasteiger partial charge in [0, 0.05) is 24.7 Å². The van der Waals surface area contributed by atoms with Gasteiger partial charge in [-0.1, -0.05) is 36.8 Å². The van der Waals surface area contributed by atoms with E-state index in [4.69, 9.17) is 19.3 Å². The van der Waals surface area contributed by atoms with Gasteiger partial charge in [0.2, 0.25) is 10.0 Å². The molecule has 2 aliphatic rings. The van der Waals surface area contributed by atoms with Crippen LogP contribution in [0, 0.1) is 24.2 Å². The molecule has 0 spiro atoms. The van der Waals surface area contributed by atoms with Crippen LogP contribution in [0.25, 0.3) is 0 Å². The lowest BCUT2D eigenvalue weighted by Gasteiger charge is -2.42. The summed E-state index contributed by atoms with van der Waals surface area (Å²) in [5, 5.41) is 5.53. The summed E-state index contributed by atoms with van der Waals surface area (Å²) in [6.45, 7) is 6.96. The number of aryl methyl sites for hydroxylation is 2. The molecule has 5 rings (SSSR count). The second-order valence-corrected chi connectivity index (χ2v) is 14.2. The van der Waals surface area contributed by atoms with Crippen molar-refractivity contribution in [3.63, 3.8) is 0 Å². The molecule has 44 heavy (non-hydrogen) atoms. The Bertz CT molecular complexity index is 1580.